The van der Waals surface area contributed by atoms with Gasteiger partial charge in [0.2, 0.25) is 0 Å². The highest BCUT2D eigenvalue weighted by Gasteiger charge is 2.05. The van der Waals surface area contributed by atoms with Gasteiger partial charge in [0, 0.05) is 11.9 Å². The molecule has 0 spiro atoms. The van der Waals surface area contributed by atoms with Crippen LogP contribution in [0.4, 0.5) is 0 Å². The second-order valence-corrected chi connectivity index (χ2v) is 3.02. The second kappa shape index (κ2) is 3.39. The standard InChI is InChI=1S/C10H14N2/c1-5-10-6-7-11-12(10)9(4)8(2)3/h5-8H,1,4H2,2-3H3. The summed E-state index contributed by atoms with van der Waals surface area (Å²) in [6.07, 6.45) is 3.53. The molecule has 1 heterocycles. The molecule has 0 aliphatic rings. The molecule has 0 N–H and O–H groups in total. The summed E-state index contributed by atoms with van der Waals surface area (Å²) >= 11 is 0. The molecule has 0 bridgehead atoms. The first-order chi connectivity index (χ1) is 5.66. The fraction of sp³-hybridized carbons (Fsp3) is 0.300. The number of rotatable bonds is 3. The first-order valence-electron chi connectivity index (χ1n) is 4.02. The molecular formula is C10H14N2. The minimum absolute atomic E-state index is 0.406. The molecule has 0 radical (unpaired) electrons. The van der Waals surface area contributed by atoms with Crippen LogP contribution in [0.15, 0.2) is 25.4 Å². The van der Waals surface area contributed by atoms with E-state index >= 15 is 0 Å². The van der Waals surface area contributed by atoms with Crippen molar-refractivity contribution < 1.29 is 0 Å². The molecule has 0 fully saturated rings. The molecule has 1 rings (SSSR count). The molecule has 0 atom stereocenters. The Bertz CT molecular complexity index is 295. The smallest absolute Gasteiger partial charge is 0.0658 e. The van der Waals surface area contributed by atoms with Crippen LogP contribution in [-0.2, 0) is 0 Å². The van der Waals surface area contributed by atoms with Gasteiger partial charge in [-0.05, 0) is 18.1 Å². The zero-order valence-electron chi connectivity index (χ0n) is 7.62. The maximum atomic E-state index is 4.15. The van der Waals surface area contributed by atoms with Crippen LogP contribution in [0.3, 0.4) is 0 Å². The van der Waals surface area contributed by atoms with Crippen LogP contribution >= 0.6 is 0 Å². The molecule has 0 amide bonds. The van der Waals surface area contributed by atoms with Crippen LogP contribution in [-0.4, -0.2) is 9.78 Å². The number of nitrogens with zero attached hydrogens (tertiary/aromatic N) is 2. The lowest BCUT2D eigenvalue weighted by Crippen LogP contribution is -2.05. The average molecular weight is 162 g/mol. The second-order valence-electron chi connectivity index (χ2n) is 3.02. The van der Waals surface area contributed by atoms with Crippen molar-refractivity contribution in [3.8, 4) is 0 Å². The summed E-state index contributed by atoms with van der Waals surface area (Å²) in [6.45, 7) is 11.8. The molecule has 0 saturated carbocycles. The van der Waals surface area contributed by atoms with Crippen molar-refractivity contribution in [2.75, 3.05) is 0 Å². The van der Waals surface area contributed by atoms with Gasteiger partial charge in [-0.1, -0.05) is 27.0 Å². The molecule has 0 aliphatic carbocycles. The van der Waals surface area contributed by atoms with E-state index in [9.17, 15) is 0 Å². The van der Waals surface area contributed by atoms with Crippen molar-refractivity contribution >= 4 is 11.8 Å². The summed E-state index contributed by atoms with van der Waals surface area (Å²) in [7, 11) is 0. The highest BCUT2D eigenvalue weighted by molar-refractivity contribution is 5.52. The van der Waals surface area contributed by atoms with E-state index in [4.69, 9.17) is 0 Å². The van der Waals surface area contributed by atoms with Crippen LogP contribution in [0.5, 0.6) is 0 Å². The molecule has 2 nitrogen and oxygen atoms in total. The maximum Gasteiger partial charge on any atom is 0.0658 e. The zero-order chi connectivity index (χ0) is 9.14. The van der Waals surface area contributed by atoms with Gasteiger partial charge in [0.1, 0.15) is 0 Å². The Morgan fingerprint density at radius 3 is 2.83 bits per heavy atom. The lowest BCUT2D eigenvalue weighted by molar-refractivity contribution is 0.743. The number of allylic oxidation sites excluding steroid dienone is 1. The summed E-state index contributed by atoms with van der Waals surface area (Å²) in [5.41, 5.74) is 1.99. The lowest BCUT2D eigenvalue weighted by Gasteiger charge is -2.10. The number of aromatic nitrogens is 2. The van der Waals surface area contributed by atoms with Crippen LogP contribution in [0.25, 0.3) is 11.8 Å². The van der Waals surface area contributed by atoms with Crippen molar-refractivity contribution in [2.45, 2.75) is 13.8 Å². The Labute approximate surface area is 73.2 Å². The highest BCUT2D eigenvalue weighted by atomic mass is 15.3. The Hall–Kier alpha value is -1.31. The molecular weight excluding hydrogens is 148 g/mol. The third-order valence-electron chi connectivity index (χ3n) is 1.82. The van der Waals surface area contributed by atoms with Gasteiger partial charge in [-0.15, -0.1) is 0 Å². The van der Waals surface area contributed by atoms with Crippen molar-refractivity contribution in [3.05, 3.63) is 31.1 Å². The van der Waals surface area contributed by atoms with Gasteiger partial charge in [-0.3, -0.25) is 0 Å². The highest BCUT2D eigenvalue weighted by Crippen LogP contribution is 2.15. The molecule has 0 saturated heterocycles. The zero-order valence-corrected chi connectivity index (χ0v) is 7.62. The normalized spacial score (nSPS) is 10.2. The molecule has 0 aliphatic heterocycles. The van der Waals surface area contributed by atoms with Crippen LogP contribution in [0.2, 0.25) is 0 Å². The van der Waals surface area contributed by atoms with Gasteiger partial charge >= 0.3 is 0 Å². The molecule has 64 valence electrons. The van der Waals surface area contributed by atoms with Gasteiger partial charge in [-0.25, -0.2) is 4.68 Å². The Morgan fingerprint density at radius 2 is 2.33 bits per heavy atom. The molecule has 0 unspecified atom stereocenters. The van der Waals surface area contributed by atoms with Crippen LogP contribution in [0.1, 0.15) is 19.5 Å². The fourth-order valence-corrected chi connectivity index (χ4v) is 0.953. The molecule has 1 aromatic heterocycles. The van der Waals surface area contributed by atoms with Gasteiger partial charge in [0.05, 0.1) is 5.69 Å². The monoisotopic (exact) mass is 162 g/mol. The largest absolute Gasteiger partial charge is 0.238 e. The summed E-state index contributed by atoms with van der Waals surface area (Å²) < 4.78 is 1.82. The molecule has 0 aromatic carbocycles. The quantitative estimate of drug-likeness (QED) is 0.668. The molecule has 12 heavy (non-hydrogen) atoms. The number of hydrogen-bond acceptors (Lipinski definition) is 1. The maximum absolute atomic E-state index is 4.15. The predicted molar refractivity (Wildman–Crippen MR) is 52.5 cm³/mol. The van der Waals surface area contributed by atoms with E-state index in [1.807, 2.05) is 10.7 Å². The minimum atomic E-state index is 0.406. The third-order valence-corrected chi connectivity index (χ3v) is 1.82. The summed E-state index contributed by atoms with van der Waals surface area (Å²) in [6, 6.07) is 1.92. The van der Waals surface area contributed by atoms with Crippen LogP contribution < -0.4 is 0 Å². The van der Waals surface area contributed by atoms with Crippen molar-refractivity contribution in [2.24, 2.45) is 5.92 Å². The van der Waals surface area contributed by atoms with Gasteiger partial charge < -0.3 is 0 Å². The predicted octanol–water partition coefficient (Wildman–Crippen LogP) is 2.65. The van der Waals surface area contributed by atoms with E-state index in [1.165, 1.54) is 0 Å². The van der Waals surface area contributed by atoms with Gasteiger partial charge in [0.15, 0.2) is 0 Å². The topological polar surface area (TPSA) is 17.8 Å². The van der Waals surface area contributed by atoms with Crippen molar-refractivity contribution in [1.82, 2.24) is 9.78 Å². The van der Waals surface area contributed by atoms with Crippen molar-refractivity contribution in [3.63, 3.8) is 0 Å². The minimum Gasteiger partial charge on any atom is -0.238 e. The first kappa shape index (κ1) is 8.78. The van der Waals surface area contributed by atoms with Gasteiger partial charge in [-0.2, -0.15) is 5.10 Å². The first-order valence-corrected chi connectivity index (χ1v) is 4.02. The van der Waals surface area contributed by atoms with E-state index < -0.39 is 0 Å². The fourth-order valence-electron chi connectivity index (χ4n) is 0.953. The summed E-state index contributed by atoms with van der Waals surface area (Å²) in [5, 5.41) is 4.15. The Morgan fingerprint density at radius 1 is 1.67 bits per heavy atom. The van der Waals surface area contributed by atoms with Crippen molar-refractivity contribution in [1.29, 1.82) is 0 Å². The molecule has 2 heteroatoms. The SMILES string of the molecule is C=Cc1ccnn1C(=C)C(C)C. The van der Waals surface area contributed by atoms with E-state index in [2.05, 4.69) is 32.1 Å². The van der Waals surface area contributed by atoms with E-state index in [-0.39, 0.29) is 0 Å². The van der Waals surface area contributed by atoms with E-state index in [0.717, 1.165) is 11.4 Å². The Kier molecular flexibility index (Phi) is 2.48. The number of hydrogen-bond donors (Lipinski definition) is 0. The third kappa shape index (κ3) is 1.47. The van der Waals surface area contributed by atoms with Gasteiger partial charge in [0.25, 0.3) is 0 Å². The summed E-state index contributed by atoms with van der Waals surface area (Å²) in [5.74, 6) is 0.406. The molecule has 1 aromatic rings. The van der Waals surface area contributed by atoms with E-state index in [0.29, 0.717) is 5.92 Å². The van der Waals surface area contributed by atoms with E-state index in [1.54, 1.807) is 12.3 Å². The van der Waals surface area contributed by atoms with Crippen LogP contribution in [0, 0.1) is 5.92 Å². The Balaban J connectivity index is 3.01. The summed E-state index contributed by atoms with van der Waals surface area (Å²) in [4.78, 5) is 0. The lowest BCUT2D eigenvalue weighted by atomic mass is 10.1. The average Bonchev–Trinajstić information content (AvgIpc) is 2.49.